The highest BCUT2D eigenvalue weighted by Gasteiger charge is 2.35. The summed E-state index contributed by atoms with van der Waals surface area (Å²) in [6, 6.07) is 14.7. The second kappa shape index (κ2) is 14.4. The van der Waals surface area contributed by atoms with Gasteiger partial charge in [-0.15, -0.1) is 0 Å². The van der Waals surface area contributed by atoms with Crippen LogP contribution in [0.3, 0.4) is 0 Å². The van der Waals surface area contributed by atoms with Crippen molar-refractivity contribution in [3.63, 3.8) is 0 Å². The average Bonchev–Trinajstić information content (AvgIpc) is 3.37. The van der Waals surface area contributed by atoms with Crippen LogP contribution in [0, 0.1) is 5.41 Å². The fourth-order valence-electron chi connectivity index (χ4n) is 5.80. The Bertz CT molecular complexity index is 1380. The van der Waals surface area contributed by atoms with Gasteiger partial charge in [-0.05, 0) is 67.5 Å². The number of amidine groups is 1. The molecule has 1 unspecified atom stereocenters. The van der Waals surface area contributed by atoms with Crippen molar-refractivity contribution in [3.05, 3.63) is 70.9 Å². The highest BCUT2D eigenvalue weighted by molar-refractivity contribution is 6.29. The predicted octanol–water partition coefficient (Wildman–Crippen LogP) is 4.37. The van der Waals surface area contributed by atoms with Gasteiger partial charge in [-0.3, -0.25) is 15.0 Å². The van der Waals surface area contributed by atoms with Crippen LogP contribution in [-0.4, -0.2) is 74.0 Å². The van der Waals surface area contributed by atoms with E-state index in [-0.39, 0.29) is 24.3 Å². The van der Waals surface area contributed by atoms with Crippen molar-refractivity contribution in [1.82, 2.24) is 4.90 Å². The van der Waals surface area contributed by atoms with Gasteiger partial charge in [0, 0.05) is 43.4 Å². The Kier molecular flexibility index (Phi) is 10.2. The maximum absolute atomic E-state index is 13.8. The molecule has 1 saturated carbocycles. The normalized spacial score (nSPS) is 18.2. The molecule has 1 saturated heterocycles. The number of hydrogen-bond donors (Lipinski definition) is 2. The van der Waals surface area contributed by atoms with Crippen molar-refractivity contribution in [1.29, 1.82) is 5.41 Å². The quantitative estimate of drug-likeness (QED) is 0.175. The summed E-state index contributed by atoms with van der Waals surface area (Å²) in [5.41, 5.74) is 10.2. The Labute approximate surface area is 257 Å². The van der Waals surface area contributed by atoms with Crippen LogP contribution in [0.4, 0.5) is 10.5 Å². The molecule has 11 heteroatoms. The van der Waals surface area contributed by atoms with Gasteiger partial charge in [-0.1, -0.05) is 30.7 Å². The maximum Gasteiger partial charge on any atom is 0.511 e. The summed E-state index contributed by atoms with van der Waals surface area (Å²) in [6.07, 6.45) is 3.41. The van der Waals surface area contributed by atoms with Crippen molar-refractivity contribution >= 4 is 35.1 Å². The zero-order chi connectivity index (χ0) is 31.1. The molecule has 1 aliphatic carbocycles. The molecule has 1 atom stereocenters. The zero-order valence-corrected chi connectivity index (χ0v) is 25.1. The number of aryl methyl sites for hydroxylation is 1. The second-order valence-electron chi connectivity index (χ2n) is 11.3. The first-order valence-corrected chi connectivity index (χ1v) is 15.3. The molecule has 0 radical (unpaired) electrons. The van der Waals surface area contributed by atoms with E-state index >= 15 is 0 Å². The number of nitrogens with one attached hydrogen (secondary N) is 1. The fraction of sp³-hybridized carbons (Fsp3) is 0.455. The first-order chi connectivity index (χ1) is 21.3. The number of benzene rings is 2. The summed E-state index contributed by atoms with van der Waals surface area (Å²) in [5.74, 6) is -0.612. The van der Waals surface area contributed by atoms with E-state index in [9.17, 15) is 14.4 Å². The van der Waals surface area contributed by atoms with Crippen LogP contribution in [0.25, 0.3) is 5.57 Å². The number of nitrogens with two attached hydrogens (primary N) is 1. The van der Waals surface area contributed by atoms with Gasteiger partial charge >= 0.3 is 12.1 Å². The van der Waals surface area contributed by atoms with Crippen LogP contribution in [-0.2, 0) is 35.0 Å². The predicted molar refractivity (Wildman–Crippen MR) is 164 cm³/mol. The lowest BCUT2D eigenvalue weighted by Gasteiger charge is -2.30. The number of esters is 1. The van der Waals surface area contributed by atoms with Crippen LogP contribution in [0.2, 0.25) is 0 Å². The molecule has 2 aromatic rings. The summed E-state index contributed by atoms with van der Waals surface area (Å²) in [7, 11) is 0. The highest BCUT2D eigenvalue weighted by atomic mass is 16.8. The molecule has 3 N–H and O–H groups in total. The maximum atomic E-state index is 13.8. The van der Waals surface area contributed by atoms with E-state index in [2.05, 4.69) is 4.90 Å². The van der Waals surface area contributed by atoms with E-state index in [4.69, 9.17) is 30.1 Å². The van der Waals surface area contributed by atoms with Crippen molar-refractivity contribution in [2.75, 3.05) is 37.7 Å². The van der Waals surface area contributed by atoms with Crippen LogP contribution >= 0.6 is 0 Å². The number of amides is 1. The minimum atomic E-state index is -1.04. The Morgan fingerprint density at radius 1 is 1.00 bits per heavy atom. The standard InChI is InChI=1S/C33H40N4O7/c1-22(43-33(40)44-27-5-3-2-4-6-27)42-29(38)16-9-23-7-10-24(11-8-23)30-28(36-17-19-41-20-18-36)21-37(32(30)39)26-14-12-25(13-15-26)31(34)35/h7-8,10-15,22,27H,2-6,9,16-21H2,1H3,(H3,34,35). The van der Waals surface area contributed by atoms with Gasteiger partial charge in [0.05, 0.1) is 25.3 Å². The molecule has 5 rings (SSSR count). The number of rotatable bonds is 10. The lowest BCUT2D eigenvalue weighted by atomic mass is 9.98. The summed E-state index contributed by atoms with van der Waals surface area (Å²) in [5, 5.41) is 7.65. The molecule has 2 aromatic carbocycles. The van der Waals surface area contributed by atoms with Crippen molar-refractivity contribution in [2.24, 2.45) is 5.73 Å². The third kappa shape index (κ3) is 7.76. The zero-order valence-electron chi connectivity index (χ0n) is 25.1. The van der Waals surface area contributed by atoms with Gasteiger partial charge in [0.25, 0.3) is 5.91 Å². The molecule has 0 spiro atoms. The first kappa shape index (κ1) is 31.1. The van der Waals surface area contributed by atoms with Crippen LogP contribution in [0.5, 0.6) is 0 Å². The first-order valence-electron chi connectivity index (χ1n) is 15.3. The third-order valence-electron chi connectivity index (χ3n) is 8.17. The van der Waals surface area contributed by atoms with E-state index in [0.29, 0.717) is 50.4 Å². The van der Waals surface area contributed by atoms with E-state index < -0.39 is 18.4 Å². The molecular weight excluding hydrogens is 564 g/mol. The summed E-state index contributed by atoms with van der Waals surface area (Å²) < 4.78 is 21.2. The Morgan fingerprint density at radius 2 is 1.68 bits per heavy atom. The van der Waals surface area contributed by atoms with E-state index in [1.54, 1.807) is 17.0 Å². The van der Waals surface area contributed by atoms with Gasteiger partial charge in [-0.25, -0.2) is 4.79 Å². The molecule has 11 nitrogen and oxygen atoms in total. The molecular formula is C33H40N4O7. The summed E-state index contributed by atoms with van der Waals surface area (Å²) in [4.78, 5) is 42.2. The largest absolute Gasteiger partial charge is 0.511 e. The van der Waals surface area contributed by atoms with Gasteiger partial charge < -0.3 is 34.5 Å². The number of morpholine rings is 1. The highest BCUT2D eigenvalue weighted by Crippen LogP contribution is 2.34. The van der Waals surface area contributed by atoms with Gasteiger partial charge in [0.15, 0.2) is 0 Å². The number of anilines is 1. The van der Waals surface area contributed by atoms with Crippen molar-refractivity contribution in [3.8, 4) is 0 Å². The Morgan fingerprint density at radius 3 is 2.34 bits per heavy atom. The van der Waals surface area contributed by atoms with Gasteiger partial charge in [-0.2, -0.15) is 0 Å². The number of ether oxygens (including phenoxy) is 4. The summed E-state index contributed by atoms with van der Waals surface area (Å²) in [6.45, 7) is 4.51. The molecule has 2 aliphatic heterocycles. The molecule has 234 valence electrons. The fourth-order valence-corrected chi connectivity index (χ4v) is 5.80. The second-order valence-corrected chi connectivity index (χ2v) is 11.3. The van der Waals surface area contributed by atoms with Crippen LogP contribution in [0.15, 0.2) is 54.2 Å². The smallest absolute Gasteiger partial charge is 0.431 e. The Balaban J connectivity index is 1.19. The number of hydrogen-bond acceptors (Lipinski definition) is 9. The van der Waals surface area contributed by atoms with Gasteiger partial charge in [0.2, 0.25) is 6.29 Å². The number of nitrogens with zero attached hydrogens (tertiary/aromatic N) is 2. The monoisotopic (exact) mass is 604 g/mol. The number of carbonyl (C=O) groups excluding carboxylic acids is 3. The van der Waals surface area contributed by atoms with Crippen LogP contribution < -0.4 is 10.6 Å². The third-order valence-corrected chi connectivity index (χ3v) is 8.17. The SMILES string of the molecule is CC(OC(=O)CCc1ccc(C2=C(N3CCOCC3)CN(c3ccc(C(=N)N)cc3)C2=O)cc1)OC(=O)OC1CCCCC1. The average molecular weight is 605 g/mol. The number of carbonyl (C=O) groups is 3. The molecule has 2 fully saturated rings. The molecule has 44 heavy (non-hydrogen) atoms. The van der Waals surface area contributed by atoms with Crippen molar-refractivity contribution < 1.29 is 33.3 Å². The van der Waals surface area contributed by atoms with E-state index in [0.717, 1.165) is 54.6 Å². The van der Waals surface area contributed by atoms with Gasteiger partial charge in [0.1, 0.15) is 11.9 Å². The molecule has 1 amide bonds. The van der Waals surface area contributed by atoms with Crippen molar-refractivity contribution in [2.45, 2.75) is 64.3 Å². The Hall–Kier alpha value is -4.38. The minimum absolute atomic E-state index is 0.0251. The topological polar surface area (TPSA) is 144 Å². The lowest BCUT2D eigenvalue weighted by Crippen LogP contribution is -2.37. The van der Waals surface area contributed by atoms with Crippen LogP contribution in [0.1, 0.15) is 62.1 Å². The lowest BCUT2D eigenvalue weighted by molar-refractivity contribution is -0.169. The van der Waals surface area contributed by atoms with E-state index in [1.165, 1.54) is 6.92 Å². The van der Waals surface area contributed by atoms with E-state index in [1.807, 2.05) is 36.4 Å². The summed E-state index contributed by atoms with van der Waals surface area (Å²) >= 11 is 0. The molecule has 3 aliphatic rings. The number of nitrogen functional groups attached to an aromatic ring is 1. The molecule has 0 aromatic heterocycles. The minimum Gasteiger partial charge on any atom is -0.431 e. The molecule has 0 bridgehead atoms. The molecule has 2 heterocycles.